The molecule has 0 amide bonds. The summed E-state index contributed by atoms with van der Waals surface area (Å²) < 4.78 is 1.94. The first-order valence-corrected chi connectivity index (χ1v) is 5.07. The highest BCUT2D eigenvalue weighted by atomic mass is 15.3. The zero-order valence-corrected chi connectivity index (χ0v) is 8.99. The topological polar surface area (TPSA) is 66.1 Å². The van der Waals surface area contributed by atoms with E-state index in [0.717, 1.165) is 11.4 Å². The molecule has 0 radical (unpaired) electrons. The maximum atomic E-state index is 7.55. The van der Waals surface area contributed by atoms with E-state index in [4.69, 9.17) is 5.41 Å². The monoisotopic (exact) mass is 205 g/mol. The number of anilines is 1. The van der Waals surface area contributed by atoms with Crippen molar-refractivity contribution in [3.63, 3.8) is 0 Å². The van der Waals surface area contributed by atoms with Crippen molar-refractivity contribution >= 4 is 17.4 Å². The van der Waals surface area contributed by atoms with Crippen molar-refractivity contribution in [2.45, 2.75) is 32.7 Å². The van der Waals surface area contributed by atoms with Crippen LogP contribution in [0.15, 0.2) is 17.4 Å². The van der Waals surface area contributed by atoms with Gasteiger partial charge >= 0.3 is 0 Å². The molecule has 1 aliphatic rings. The van der Waals surface area contributed by atoms with Crippen molar-refractivity contribution in [3.8, 4) is 0 Å². The fraction of sp³-hybridized carbons (Fsp3) is 0.500. The van der Waals surface area contributed by atoms with Crippen LogP contribution in [0.3, 0.4) is 0 Å². The smallest absolute Gasteiger partial charge is 0.219 e. The summed E-state index contributed by atoms with van der Waals surface area (Å²) in [6, 6.07) is 0.575. The molecule has 1 aromatic rings. The Hall–Kier alpha value is -1.65. The standard InChI is InChI=1S/C10H15N5/c1-7(2)13-10(11)14-8-5-12-15(6-8)9-3-4-9/h5-6,9H,3-4H2,1-2H3,(H2,11,14). The van der Waals surface area contributed by atoms with Gasteiger partial charge in [0, 0.05) is 11.9 Å². The van der Waals surface area contributed by atoms with Gasteiger partial charge in [0.15, 0.2) is 0 Å². The number of guanidine groups is 1. The molecule has 1 fully saturated rings. The van der Waals surface area contributed by atoms with Gasteiger partial charge in [-0.1, -0.05) is 0 Å². The van der Waals surface area contributed by atoms with Crippen molar-refractivity contribution in [2.24, 2.45) is 4.99 Å². The third kappa shape index (κ3) is 2.65. The Balaban J connectivity index is 1.98. The van der Waals surface area contributed by atoms with Gasteiger partial charge in [-0.3, -0.25) is 10.1 Å². The Labute approximate surface area is 88.7 Å². The number of nitrogens with one attached hydrogen (secondary N) is 2. The van der Waals surface area contributed by atoms with Gasteiger partial charge in [-0.25, -0.2) is 4.99 Å². The van der Waals surface area contributed by atoms with Crippen molar-refractivity contribution in [1.82, 2.24) is 9.78 Å². The molecule has 0 aromatic carbocycles. The number of rotatable bonds is 2. The molecule has 15 heavy (non-hydrogen) atoms. The van der Waals surface area contributed by atoms with Gasteiger partial charge in [-0.2, -0.15) is 5.10 Å². The van der Waals surface area contributed by atoms with Crippen molar-refractivity contribution in [3.05, 3.63) is 12.4 Å². The SMILES string of the molecule is CC(C)=NC(=N)Nc1cnn(C2CC2)c1. The summed E-state index contributed by atoms with van der Waals surface area (Å²) in [6.45, 7) is 3.73. The first kappa shape index (κ1) is 9.89. The highest BCUT2D eigenvalue weighted by molar-refractivity contribution is 6.00. The third-order valence-corrected chi connectivity index (χ3v) is 2.12. The average molecular weight is 205 g/mol. The van der Waals surface area contributed by atoms with Crippen LogP contribution in [-0.2, 0) is 0 Å². The van der Waals surface area contributed by atoms with Gasteiger partial charge < -0.3 is 5.32 Å². The molecular formula is C10H15N5. The number of hydrogen-bond acceptors (Lipinski definition) is 2. The molecule has 5 heteroatoms. The van der Waals surface area contributed by atoms with Crippen LogP contribution < -0.4 is 5.32 Å². The van der Waals surface area contributed by atoms with Gasteiger partial charge in [-0.05, 0) is 26.7 Å². The molecule has 0 atom stereocenters. The molecule has 1 saturated carbocycles. The molecule has 1 aliphatic carbocycles. The summed E-state index contributed by atoms with van der Waals surface area (Å²) in [6.07, 6.45) is 6.08. The highest BCUT2D eigenvalue weighted by Crippen LogP contribution is 2.34. The lowest BCUT2D eigenvalue weighted by Gasteiger charge is -1.99. The van der Waals surface area contributed by atoms with Crippen molar-refractivity contribution in [2.75, 3.05) is 5.32 Å². The Morgan fingerprint density at radius 3 is 2.93 bits per heavy atom. The fourth-order valence-electron chi connectivity index (χ4n) is 1.33. The van der Waals surface area contributed by atoms with Crippen LogP contribution in [0.5, 0.6) is 0 Å². The maximum Gasteiger partial charge on any atom is 0.219 e. The second-order valence-electron chi connectivity index (χ2n) is 3.97. The zero-order valence-electron chi connectivity index (χ0n) is 8.99. The van der Waals surface area contributed by atoms with Crippen LogP contribution in [0.4, 0.5) is 5.69 Å². The lowest BCUT2D eigenvalue weighted by atomic mass is 10.5. The normalized spacial score (nSPS) is 14.8. The lowest BCUT2D eigenvalue weighted by Crippen LogP contribution is -2.08. The summed E-state index contributed by atoms with van der Waals surface area (Å²) in [5, 5.41) is 14.7. The molecule has 0 spiro atoms. The van der Waals surface area contributed by atoms with Gasteiger partial charge in [0.25, 0.3) is 0 Å². The molecular weight excluding hydrogens is 190 g/mol. The molecule has 0 bridgehead atoms. The van der Waals surface area contributed by atoms with E-state index < -0.39 is 0 Å². The van der Waals surface area contributed by atoms with E-state index in [-0.39, 0.29) is 5.96 Å². The summed E-state index contributed by atoms with van der Waals surface area (Å²) in [4.78, 5) is 3.99. The van der Waals surface area contributed by atoms with Crippen LogP contribution >= 0.6 is 0 Å². The summed E-state index contributed by atoms with van der Waals surface area (Å²) in [7, 11) is 0. The van der Waals surface area contributed by atoms with E-state index in [1.165, 1.54) is 12.8 Å². The molecule has 0 aliphatic heterocycles. The number of aliphatic imine (C=N–C) groups is 1. The molecule has 2 rings (SSSR count). The van der Waals surface area contributed by atoms with Crippen LogP contribution in [0.25, 0.3) is 0 Å². The fourth-order valence-corrected chi connectivity index (χ4v) is 1.33. The van der Waals surface area contributed by atoms with Gasteiger partial charge in [0.1, 0.15) is 0 Å². The minimum Gasteiger partial charge on any atom is -0.322 e. The molecule has 0 unspecified atom stereocenters. The van der Waals surface area contributed by atoms with E-state index >= 15 is 0 Å². The van der Waals surface area contributed by atoms with Gasteiger partial charge in [0.05, 0.1) is 17.9 Å². The van der Waals surface area contributed by atoms with E-state index in [1.54, 1.807) is 6.20 Å². The first-order chi connectivity index (χ1) is 7.15. The van der Waals surface area contributed by atoms with Crippen molar-refractivity contribution in [1.29, 1.82) is 5.41 Å². The minimum atomic E-state index is 0.158. The predicted octanol–water partition coefficient (Wildman–Crippen LogP) is 2.05. The third-order valence-electron chi connectivity index (χ3n) is 2.12. The second kappa shape index (κ2) is 3.84. The van der Waals surface area contributed by atoms with Crippen LogP contribution in [-0.4, -0.2) is 21.5 Å². The van der Waals surface area contributed by atoms with Gasteiger partial charge in [0.2, 0.25) is 5.96 Å². The number of nitrogens with zero attached hydrogens (tertiary/aromatic N) is 3. The van der Waals surface area contributed by atoms with E-state index in [1.807, 2.05) is 24.7 Å². The molecule has 2 N–H and O–H groups in total. The highest BCUT2D eigenvalue weighted by Gasteiger charge is 2.24. The molecule has 80 valence electrons. The van der Waals surface area contributed by atoms with E-state index in [2.05, 4.69) is 15.4 Å². The Bertz CT molecular complexity index is 396. The first-order valence-electron chi connectivity index (χ1n) is 5.07. The molecule has 1 heterocycles. The zero-order chi connectivity index (χ0) is 10.8. The Kier molecular flexibility index (Phi) is 2.53. The second-order valence-corrected chi connectivity index (χ2v) is 3.97. The van der Waals surface area contributed by atoms with Crippen molar-refractivity contribution < 1.29 is 0 Å². The number of hydrogen-bond donors (Lipinski definition) is 2. The minimum absolute atomic E-state index is 0.158. The summed E-state index contributed by atoms with van der Waals surface area (Å²) in [5.74, 6) is 0.158. The molecule has 5 nitrogen and oxygen atoms in total. The molecule has 1 aromatic heterocycles. The van der Waals surface area contributed by atoms with Crippen LogP contribution in [0, 0.1) is 5.41 Å². The Morgan fingerprint density at radius 2 is 2.33 bits per heavy atom. The average Bonchev–Trinajstić information content (AvgIpc) is 2.87. The summed E-state index contributed by atoms with van der Waals surface area (Å²) in [5.41, 5.74) is 1.69. The summed E-state index contributed by atoms with van der Waals surface area (Å²) >= 11 is 0. The Morgan fingerprint density at radius 1 is 1.60 bits per heavy atom. The van der Waals surface area contributed by atoms with E-state index in [9.17, 15) is 0 Å². The van der Waals surface area contributed by atoms with E-state index in [0.29, 0.717) is 6.04 Å². The predicted molar refractivity (Wildman–Crippen MR) is 60.6 cm³/mol. The van der Waals surface area contributed by atoms with Gasteiger partial charge in [-0.15, -0.1) is 0 Å². The quantitative estimate of drug-likeness (QED) is 0.573. The maximum absolute atomic E-state index is 7.55. The van der Waals surface area contributed by atoms with Crippen LogP contribution in [0.2, 0.25) is 0 Å². The largest absolute Gasteiger partial charge is 0.322 e. The number of aromatic nitrogens is 2. The van der Waals surface area contributed by atoms with Crippen LogP contribution in [0.1, 0.15) is 32.7 Å². The lowest BCUT2D eigenvalue weighted by molar-refractivity contribution is 0.642. The molecule has 0 saturated heterocycles.